The topological polar surface area (TPSA) is 38.5 Å². The summed E-state index contributed by atoms with van der Waals surface area (Å²) in [6.45, 7) is 2.17. The van der Waals surface area contributed by atoms with E-state index in [1.54, 1.807) is 0 Å². The number of ether oxygens (including phenoxy) is 1. The molecule has 0 bridgehead atoms. The highest BCUT2D eigenvalue weighted by Gasteiger charge is 2.09. The lowest BCUT2D eigenvalue weighted by molar-refractivity contribution is 0.323. The van der Waals surface area contributed by atoms with Gasteiger partial charge in [0.1, 0.15) is 12.4 Å². The average molecular weight is 355 g/mol. The molecule has 0 atom stereocenters. The van der Waals surface area contributed by atoms with Gasteiger partial charge < -0.3 is 15.4 Å². The Kier molecular flexibility index (Phi) is 6.08. The maximum absolute atomic E-state index is 5.86. The molecule has 0 aliphatic carbocycles. The number of hydrogen-bond donors (Lipinski definition) is 1. The van der Waals surface area contributed by atoms with Crippen LogP contribution in [0.3, 0.4) is 0 Å². The second kappa shape index (κ2) is 8.48. The zero-order chi connectivity index (χ0) is 17.6. The molecule has 0 spiro atoms. The maximum Gasteiger partial charge on any atom is 0.122 e. The monoisotopic (exact) mass is 354 g/mol. The van der Waals surface area contributed by atoms with Crippen molar-refractivity contribution in [3.8, 4) is 16.2 Å². The van der Waals surface area contributed by atoms with Crippen LogP contribution in [0.1, 0.15) is 12.0 Å². The number of thiophene rings is 1. The van der Waals surface area contributed by atoms with Gasteiger partial charge in [-0.3, -0.25) is 0 Å². The van der Waals surface area contributed by atoms with E-state index in [4.69, 9.17) is 10.5 Å². The van der Waals surface area contributed by atoms with Crippen LogP contribution in [0.4, 0.5) is 0 Å². The van der Waals surface area contributed by atoms with Crippen LogP contribution in [0, 0.1) is 0 Å². The summed E-state index contributed by atoms with van der Waals surface area (Å²) >= 11 is 1.84. The Morgan fingerprint density at radius 3 is 2.68 bits per heavy atom. The van der Waals surface area contributed by atoms with E-state index in [0.29, 0.717) is 13.2 Å². The summed E-state index contributed by atoms with van der Waals surface area (Å²) in [5, 5.41) is 1.31. The van der Waals surface area contributed by atoms with Crippen LogP contribution in [-0.2, 0) is 6.42 Å². The van der Waals surface area contributed by atoms with Crippen molar-refractivity contribution in [2.45, 2.75) is 12.8 Å². The fraction of sp³-hybridized carbons (Fsp3) is 0.333. The first kappa shape index (κ1) is 17.9. The minimum atomic E-state index is 0.537. The number of hydrogen-bond acceptors (Lipinski definition) is 4. The van der Waals surface area contributed by atoms with Gasteiger partial charge in [-0.15, -0.1) is 11.3 Å². The highest BCUT2D eigenvalue weighted by atomic mass is 32.1. The quantitative estimate of drug-likeness (QED) is 0.651. The van der Waals surface area contributed by atoms with Gasteiger partial charge in [0, 0.05) is 16.1 Å². The summed E-state index contributed by atoms with van der Waals surface area (Å²) in [4.78, 5) is 3.52. The lowest BCUT2D eigenvalue weighted by Crippen LogP contribution is -2.14. The molecule has 3 rings (SSSR count). The Morgan fingerprint density at radius 1 is 1.08 bits per heavy atom. The predicted octanol–water partition coefficient (Wildman–Crippen LogP) is 4.40. The minimum Gasteiger partial charge on any atom is -0.492 e. The van der Waals surface area contributed by atoms with E-state index >= 15 is 0 Å². The Hall–Kier alpha value is -1.88. The second-order valence-electron chi connectivity index (χ2n) is 6.51. The van der Waals surface area contributed by atoms with Gasteiger partial charge in [-0.2, -0.15) is 0 Å². The number of aryl methyl sites for hydroxylation is 1. The van der Waals surface area contributed by atoms with Crippen LogP contribution < -0.4 is 10.5 Å². The van der Waals surface area contributed by atoms with Crippen molar-refractivity contribution in [2.75, 3.05) is 33.8 Å². The third-order valence-corrected chi connectivity index (χ3v) is 5.36. The summed E-state index contributed by atoms with van der Waals surface area (Å²) < 4.78 is 7.19. The smallest absolute Gasteiger partial charge is 0.122 e. The van der Waals surface area contributed by atoms with Crippen LogP contribution in [0.25, 0.3) is 20.5 Å². The number of fused-ring (bicyclic) bond motifs is 1. The van der Waals surface area contributed by atoms with Crippen molar-refractivity contribution >= 4 is 21.4 Å². The minimum absolute atomic E-state index is 0.537. The van der Waals surface area contributed by atoms with Crippen molar-refractivity contribution in [3.63, 3.8) is 0 Å². The molecule has 0 saturated heterocycles. The molecule has 1 heterocycles. The van der Waals surface area contributed by atoms with Crippen molar-refractivity contribution in [1.82, 2.24) is 4.90 Å². The van der Waals surface area contributed by atoms with Gasteiger partial charge in [0.05, 0.1) is 0 Å². The average Bonchev–Trinajstić information content (AvgIpc) is 3.04. The molecule has 3 aromatic rings. The van der Waals surface area contributed by atoms with E-state index in [1.807, 2.05) is 11.3 Å². The first-order chi connectivity index (χ1) is 12.2. The van der Waals surface area contributed by atoms with Crippen molar-refractivity contribution < 1.29 is 4.74 Å². The molecule has 0 fully saturated rings. The second-order valence-corrected chi connectivity index (χ2v) is 7.60. The number of rotatable bonds is 8. The molecular formula is C21H26N2OS. The summed E-state index contributed by atoms with van der Waals surface area (Å²) in [6, 6.07) is 17.4. The van der Waals surface area contributed by atoms with Gasteiger partial charge in [0.25, 0.3) is 0 Å². The molecular weight excluding hydrogens is 328 g/mol. The molecule has 0 aliphatic rings. The fourth-order valence-corrected chi connectivity index (χ4v) is 4.01. The first-order valence-electron chi connectivity index (χ1n) is 8.77. The van der Waals surface area contributed by atoms with Crippen LogP contribution >= 0.6 is 11.3 Å². The molecule has 0 amide bonds. The number of benzene rings is 2. The Labute approximate surface area is 154 Å². The van der Waals surface area contributed by atoms with Crippen LogP contribution in [0.2, 0.25) is 0 Å². The van der Waals surface area contributed by atoms with E-state index in [-0.39, 0.29) is 0 Å². The normalized spacial score (nSPS) is 11.4. The zero-order valence-electron chi connectivity index (χ0n) is 15.0. The fourth-order valence-electron chi connectivity index (χ4n) is 2.95. The van der Waals surface area contributed by atoms with E-state index in [2.05, 4.69) is 67.5 Å². The largest absolute Gasteiger partial charge is 0.492 e. The molecule has 3 nitrogen and oxygen atoms in total. The van der Waals surface area contributed by atoms with Crippen LogP contribution in [0.15, 0.2) is 48.5 Å². The molecule has 1 aromatic heterocycles. The lowest BCUT2D eigenvalue weighted by atomic mass is 10.0. The van der Waals surface area contributed by atoms with Crippen LogP contribution in [0.5, 0.6) is 5.75 Å². The van der Waals surface area contributed by atoms with Gasteiger partial charge >= 0.3 is 0 Å². The highest BCUT2D eigenvalue weighted by molar-refractivity contribution is 7.22. The molecule has 2 aromatic carbocycles. The Morgan fingerprint density at radius 2 is 1.92 bits per heavy atom. The van der Waals surface area contributed by atoms with Crippen LogP contribution in [-0.4, -0.2) is 38.7 Å². The molecule has 132 valence electrons. The predicted molar refractivity (Wildman–Crippen MR) is 109 cm³/mol. The molecule has 0 saturated carbocycles. The Bertz CT molecular complexity index is 793. The SMILES string of the molecule is CN(C)CCCc1cc(-c2cc3ccccc3s2)ccc1OCCN. The highest BCUT2D eigenvalue weighted by Crippen LogP contribution is 2.35. The third-order valence-electron chi connectivity index (χ3n) is 4.20. The van der Waals surface area contributed by atoms with E-state index in [0.717, 1.165) is 25.1 Å². The van der Waals surface area contributed by atoms with Gasteiger partial charge in [-0.05, 0) is 80.3 Å². The van der Waals surface area contributed by atoms with E-state index in [1.165, 1.54) is 26.1 Å². The van der Waals surface area contributed by atoms with Gasteiger partial charge in [-0.25, -0.2) is 0 Å². The van der Waals surface area contributed by atoms with Crippen molar-refractivity contribution in [1.29, 1.82) is 0 Å². The molecule has 25 heavy (non-hydrogen) atoms. The maximum atomic E-state index is 5.86. The van der Waals surface area contributed by atoms with Gasteiger partial charge in [0.15, 0.2) is 0 Å². The molecule has 0 unspecified atom stereocenters. The third kappa shape index (κ3) is 4.60. The summed E-state index contributed by atoms with van der Waals surface area (Å²) in [5.41, 5.74) is 8.13. The van der Waals surface area contributed by atoms with Gasteiger partial charge in [-0.1, -0.05) is 18.2 Å². The number of nitrogens with zero attached hydrogens (tertiary/aromatic N) is 1. The van der Waals surface area contributed by atoms with E-state index in [9.17, 15) is 0 Å². The molecule has 0 aliphatic heterocycles. The first-order valence-corrected chi connectivity index (χ1v) is 9.58. The molecule has 4 heteroatoms. The zero-order valence-corrected chi connectivity index (χ0v) is 15.8. The molecule has 2 N–H and O–H groups in total. The van der Waals surface area contributed by atoms with Gasteiger partial charge in [0.2, 0.25) is 0 Å². The summed E-state index contributed by atoms with van der Waals surface area (Å²) in [6.07, 6.45) is 2.12. The number of nitrogens with two attached hydrogens (primary N) is 1. The Balaban J connectivity index is 1.88. The van der Waals surface area contributed by atoms with Crippen molar-refractivity contribution in [3.05, 3.63) is 54.1 Å². The summed E-state index contributed by atoms with van der Waals surface area (Å²) in [5.74, 6) is 0.967. The summed E-state index contributed by atoms with van der Waals surface area (Å²) in [7, 11) is 4.22. The van der Waals surface area contributed by atoms with E-state index < -0.39 is 0 Å². The molecule has 0 radical (unpaired) electrons. The van der Waals surface area contributed by atoms with Crippen molar-refractivity contribution in [2.24, 2.45) is 5.73 Å². The standard InChI is InChI=1S/C21H26N2OS/c1-23(2)12-5-7-16-14-18(9-10-19(16)24-13-11-22)21-15-17-6-3-4-8-20(17)25-21/h3-4,6,8-10,14-15H,5,7,11-13,22H2,1-2H3. The lowest BCUT2D eigenvalue weighted by Gasteiger charge is -2.14.